The second kappa shape index (κ2) is 7.63. The molecule has 118 valence electrons. The van der Waals surface area contributed by atoms with Gasteiger partial charge in [0, 0.05) is 0 Å². The number of allylic oxidation sites excluding steroid dienone is 2. The summed E-state index contributed by atoms with van der Waals surface area (Å²) in [5.74, 6) is 0.989. The van der Waals surface area contributed by atoms with Gasteiger partial charge in [-0.15, -0.1) is 0 Å². The lowest BCUT2D eigenvalue weighted by Crippen LogP contribution is -2.29. The Morgan fingerprint density at radius 1 is 1.41 bits per heavy atom. The standard InChI is InChI=1S/C17H23BO4/c1-12(2)13(3)16-8-9-17(22-18(16)20)14-4-6-15(7-5-14)21-11-10-19/h4-8,12,17,19-20H,3,9-11H2,1-2H3/t17-/m1/s1. The number of benzene rings is 1. The predicted octanol–water partition coefficient (Wildman–Crippen LogP) is 2.68. The highest BCUT2D eigenvalue weighted by atomic mass is 16.5. The summed E-state index contributed by atoms with van der Waals surface area (Å²) in [6.45, 7) is 8.39. The van der Waals surface area contributed by atoms with Crippen LogP contribution in [-0.4, -0.2) is 30.5 Å². The average Bonchev–Trinajstić information content (AvgIpc) is 2.52. The Morgan fingerprint density at radius 3 is 2.64 bits per heavy atom. The van der Waals surface area contributed by atoms with Gasteiger partial charge in [-0.2, -0.15) is 0 Å². The highest BCUT2D eigenvalue weighted by molar-refractivity contribution is 6.54. The van der Waals surface area contributed by atoms with Crippen LogP contribution < -0.4 is 4.74 Å². The fraction of sp³-hybridized carbons (Fsp3) is 0.412. The van der Waals surface area contributed by atoms with Crippen LogP contribution in [0.1, 0.15) is 31.9 Å². The van der Waals surface area contributed by atoms with Crippen LogP contribution in [0.15, 0.2) is 48.0 Å². The molecule has 1 heterocycles. The quantitative estimate of drug-likeness (QED) is 0.793. The highest BCUT2D eigenvalue weighted by Crippen LogP contribution is 2.32. The summed E-state index contributed by atoms with van der Waals surface area (Å²) in [5, 5.41) is 18.9. The van der Waals surface area contributed by atoms with E-state index in [2.05, 4.69) is 6.58 Å². The maximum absolute atomic E-state index is 10.2. The van der Waals surface area contributed by atoms with E-state index in [1.807, 2.05) is 44.2 Å². The number of aliphatic hydroxyl groups is 1. The Bertz CT molecular complexity index is 536. The van der Waals surface area contributed by atoms with Gasteiger partial charge < -0.3 is 19.5 Å². The van der Waals surface area contributed by atoms with Crippen molar-refractivity contribution >= 4 is 7.12 Å². The maximum Gasteiger partial charge on any atom is 0.491 e. The first-order valence-electron chi connectivity index (χ1n) is 7.59. The molecule has 0 spiro atoms. The van der Waals surface area contributed by atoms with Crippen molar-refractivity contribution in [2.45, 2.75) is 26.4 Å². The van der Waals surface area contributed by atoms with Crippen LogP contribution in [0.5, 0.6) is 5.75 Å². The van der Waals surface area contributed by atoms with E-state index in [-0.39, 0.29) is 25.2 Å². The molecule has 0 aliphatic carbocycles. The largest absolute Gasteiger partial charge is 0.491 e. The van der Waals surface area contributed by atoms with Crippen molar-refractivity contribution < 1.29 is 19.5 Å². The van der Waals surface area contributed by atoms with E-state index in [0.29, 0.717) is 12.2 Å². The molecule has 0 bridgehead atoms. The van der Waals surface area contributed by atoms with E-state index >= 15 is 0 Å². The molecule has 0 aromatic heterocycles. The summed E-state index contributed by atoms with van der Waals surface area (Å²) in [7, 11) is -0.932. The van der Waals surface area contributed by atoms with E-state index < -0.39 is 7.12 Å². The normalized spacial score (nSPS) is 18.3. The second-order valence-electron chi connectivity index (χ2n) is 5.69. The summed E-state index contributed by atoms with van der Waals surface area (Å²) >= 11 is 0. The summed E-state index contributed by atoms with van der Waals surface area (Å²) in [5.41, 5.74) is 2.69. The molecule has 1 aromatic rings. The molecule has 2 N–H and O–H groups in total. The lowest BCUT2D eigenvalue weighted by molar-refractivity contribution is 0.168. The molecular formula is C17H23BO4. The minimum absolute atomic E-state index is 0.00696. The van der Waals surface area contributed by atoms with Crippen LogP contribution in [0.4, 0.5) is 0 Å². The first-order valence-corrected chi connectivity index (χ1v) is 7.59. The van der Waals surface area contributed by atoms with Crippen molar-refractivity contribution in [3.8, 4) is 5.75 Å². The minimum atomic E-state index is -0.932. The van der Waals surface area contributed by atoms with Gasteiger partial charge in [0.2, 0.25) is 0 Å². The molecule has 0 unspecified atom stereocenters. The van der Waals surface area contributed by atoms with Crippen LogP contribution >= 0.6 is 0 Å². The molecule has 5 heteroatoms. The van der Waals surface area contributed by atoms with Crippen molar-refractivity contribution in [1.29, 1.82) is 0 Å². The lowest BCUT2D eigenvalue weighted by Gasteiger charge is -2.27. The van der Waals surface area contributed by atoms with Crippen LogP contribution in [-0.2, 0) is 4.65 Å². The zero-order valence-electron chi connectivity index (χ0n) is 13.2. The first kappa shape index (κ1) is 16.8. The van der Waals surface area contributed by atoms with Crippen LogP contribution in [0.25, 0.3) is 0 Å². The molecule has 0 radical (unpaired) electrons. The van der Waals surface area contributed by atoms with Crippen molar-refractivity contribution in [2.75, 3.05) is 13.2 Å². The van der Waals surface area contributed by atoms with Gasteiger partial charge in [-0.3, -0.25) is 0 Å². The molecule has 1 atom stereocenters. The fourth-order valence-corrected chi connectivity index (χ4v) is 2.40. The number of hydrogen-bond acceptors (Lipinski definition) is 4. The Labute approximate surface area is 132 Å². The number of ether oxygens (including phenoxy) is 1. The number of aliphatic hydroxyl groups excluding tert-OH is 1. The third kappa shape index (κ3) is 4.00. The Kier molecular flexibility index (Phi) is 5.83. The molecule has 2 rings (SSSR count). The van der Waals surface area contributed by atoms with Crippen molar-refractivity contribution in [3.63, 3.8) is 0 Å². The Balaban J connectivity index is 2.05. The third-order valence-electron chi connectivity index (χ3n) is 3.79. The summed E-state index contributed by atoms with van der Waals surface area (Å²) < 4.78 is 11.1. The van der Waals surface area contributed by atoms with Gasteiger partial charge >= 0.3 is 7.12 Å². The molecule has 1 aliphatic heterocycles. The molecule has 0 saturated carbocycles. The van der Waals surface area contributed by atoms with E-state index in [4.69, 9.17) is 14.5 Å². The zero-order chi connectivity index (χ0) is 16.1. The zero-order valence-corrected chi connectivity index (χ0v) is 13.2. The molecule has 0 fully saturated rings. The van der Waals surface area contributed by atoms with Gasteiger partial charge in [-0.1, -0.05) is 44.2 Å². The van der Waals surface area contributed by atoms with Gasteiger partial charge in [-0.05, 0) is 35.5 Å². The molecular weight excluding hydrogens is 279 g/mol. The monoisotopic (exact) mass is 302 g/mol. The average molecular weight is 302 g/mol. The van der Waals surface area contributed by atoms with E-state index in [9.17, 15) is 5.02 Å². The fourth-order valence-electron chi connectivity index (χ4n) is 2.40. The third-order valence-corrected chi connectivity index (χ3v) is 3.79. The molecule has 1 aliphatic rings. The molecule has 1 aromatic carbocycles. The molecule has 22 heavy (non-hydrogen) atoms. The van der Waals surface area contributed by atoms with Gasteiger partial charge in [0.05, 0.1) is 12.7 Å². The van der Waals surface area contributed by atoms with Crippen molar-refractivity contribution in [1.82, 2.24) is 0 Å². The minimum Gasteiger partial charge on any atom is -0.491 e. The number of rotatable bonds is 6. The predicted molar refractivity (Wildman–Crippen MR) is 87.5 cm³/mol. The summed E-state index contributed by atoms with van der Waals surface area (Å²) in [6.07, 6.45) is 2.54. The summed E-state index contributed by atoms with van der Waals surface area (Å²) in [6, 6.07) is 7.51. The van der Waals surface area contributed by atoms with Gasteiger partial charge in [0.1, 0.15) is 12.4 Å². The van der Waals surface area contributed by atoms with Crippen LogP contribution in [0, 0.1) is 5.92 Å². The van der Waals surface area contributed by atoms with Crippen LogP contribution in [0.3, 0.4) is 0 Å². The smallest absolute Gasteiger partial charge is 0.491 e. The SMILES string of the molecule is C=C(C1=CC[C@H](c2ccc(OCCO)cc2)OB1O)C(C)C. The molecule has 0 saturated heterocycles. The van der Waals surface area contributed by atoms with Crippen molar-refractivity contribution in [2.24, 2.45) is 5.92 Å². The summed E-state index contributed by atoms with van der Waals surface area (Å²) in [4.78, 5) is 0. The van der Waals surface area contributed by atoms with E-state index in [1.54, 1.807) is 0 Å². The number of hydrogen-bond donors (Lipinski definition) is 2. The second-order valence-corrected chi connectivity index (χ2v) is 5.69. The highest BCUT2D eigenvalue weighted by Gasteiger charge is 2.31. The van der Waals surface area contributed by atoms with E-state index in [1.165, 1.54) is 0 Å². The van der Waals surface area contributed by atoms with Crippen LogP contribution in [0.2, 0.25) is 0 Å². The molecule has 4 nitrogen and oxygen atoms in total. The lowest BCUT2D eigenvalue weighted by atomic mass is 9.69. The Morgan fingerprint density at radius 2 is 2.09 bits per heavy atom. The van der Waals surface area contributed by atoms with Crippen molar-refractivity contribution in [3.05, 3.63) is 53.5 Å². The first-order chi connectivity index (χ1) is 10.5. The van der Waals surface area contributed by atoms with Gasteiger partial charge in [0.25, 0.3) is 0 Å². The molecule has 0 amide bonds. The Hall–Kier alpha value is -1.56. The maximum atomic E-state index is 10.2. The van der Waals surface area contributed by atoms with Gasteiger partial charge in [-0.25, -0.2) is 0 Å². The van der Waals surface area contributed by atoms with E-state index in [0.717, 1.165) is 16.6 Å². The topological polar surface area (TPSA) is 58.9 Å². The van der Waals surface area contributed by atoms with Gasteiger partial charge in [0.15, 0.2) is 0 Å².